The van der Waals surface area contributed by atoms with Crippen LogP contribution in [0.5, 0.6) is 5.75 Å². The smallest absolute Gasteiger partial charge is 0.414 e. The van der Waals surface area contributed by atoms with Gasteiger partial charge in [0.2, 0.25) is 6.20 Å². The molecule has 0 aliphatic heterocycles. The summed E-state index contributed by atoms with van der Waals surface area (Å²) in [5.74, 6) is 0.114. The number of pyridine rings is 1. The molecule has 1 aromatic carbocycles. The quantitative estimate of drug-likeness (QED) is 0.478. The number of rotatable bonds is 4. The van der Waals surface area contributed by atoms with E-state index in [2.05, 4.69) is 0 Å². The van der Waals surface area contributed by atoms with E-state index in [0.717, 1.165) is 5.56 Å². The SMILES string of the molecule is CCO[n+]1ccccc1C(=O)Oc1ccccc1C. The van der Waals surface area contributed by atoms with Crippen molar-refractivity contribution in [1.29, 1.82) is 0 Å². The summed E-state index contributed by atoms with van der Waals surface area (Å²) in [6, 6.07) is 12.6. The fraction of sp³-hybridized carbons (Fsp3) is 0.200. The van der Waals surface area contributed by atoms with Crippen LogP contribution in [0.1, 0.15) is 23.0 Å². The minimum atomic E-state index is -0.441. The Kier molecular flexibility index (Phi) is 4.13. The van der Waals surface area contributed by atoms with E-state index in [9.17, 15) is 4.79 Å². The topological polar surface area (TPSA) is 39.4 Å². The molecule has 0 saturated heterocycles. The van der Waals surface area contributed by atoms with Crippen molar-refractivity contribution in [1.82, 2.24) is 0 Å². The molecule has 19 heavy (non-hydrogen) atoms. The predicted octanol–water partition coefficient (Wildman–Crippen LogP) is 1.95. The van der Waals surface area contributed by atoms with Crippen LogP contribution >= 0.6 is 0 Å². The highest BCUT2D eigenvalue weighted by atomic mass is 16.7. The van der Waals surface area contributed by atoms with E-state index in [1.54, 1.807) is 30.5 Å². The van der Waals surface area contributed by atoms with E-state index < -0.39 is 5.97 Å². The third-order valence-corrected chi connectivity index (χ3v) is 2.60. The molecule has 0 bridgehead atoms. The number of benzene rings is 1. The van der Waals surface area contributed by atoms with Crippen LogP contribution in [0, 0.1) is 6.92 Å². The molecule has 2 rings (SSSR count). The van der Waals surface area contributed by atoms with Crippen LogP contribution in [0.2, 0.25) is 0 Å². The van der Waals surface area contributed by atoms with Gasteiger partial charge in [-0.25, -0.2) is 4.79 Å². The third kappa shape index (κ3) is 3.10. The molecule has 0 unspecified atom stereocenters. The summed E-state index contributed by atoms with van der Waals surface area (Å²) < 4.78 is 6.80. The molecule has 0 radical (unpaired) electrons. The molecule has 4 heteroatoms. The number of hydrogen-bond acceptors (Lipinski definition) is 3. The van der Waals surface area contributed by atoms with E-state index >= 15 is 0 Å². The first kappa shape index (κ1) is 13.1. The number of nitrogens with zero attached hydrogens (tertiary/aromatic N) is 1. The minimum Gasteiger partial charge on any atom is -0.418 e. The Hall–Kier alpha value is -2.36. The molecular formula is C15H16NO3+. The van der Waals surface area contributed by atoms with Gasteiger partial charge in [0.1, 0.15) is 5.75 Å². The summed E-state index contributed by atoms with van der Waals surface area (Å²) >= 11 is 0. The lowest BCUT2D eigenvalue weighted by atomic mass is 10.2. The lowest BCUT2D eigenvalue weighted by molar-refractivity contribution is -0.892. The summed E-state index contributed by atoms with van der Waals surface area (Å²) in [6.45, 7) is 4.22. The van der Waals surface area contributed by atoms with Crippen molar-refractivity contribution in [3.8, 4) is 5.75 Å². The van der Waals surface area contributed by atoms with Gasteiger partial charge in [0, 0.05) is 16.9 Å². The van der Waals surface area contributed by atoms with E-state index in [-0.39, 0.29) is 0 Å². The van der Waals surface area contributed by atoms with Crippen molar-refractivity contribution in [3.63, 3.8) is 0 Å². The average molecular weight is 258 g/mol. The Labute approximate surface area is 112 Å². The highest BCUT2D eigenvalue weighted by Crippen LogP contribution is 2.17. The largest absolute Gasteiger partial charge is 0.418 e. The lowest BCUT2D eigenvalue weighted by Gasteiger charge is -2.05. The molecule has 0 spiro atoms. The number of carbonyl (C=O) groups excluding carboxylic acids is 1. The van der Waals surface area contributed by atoms with Gasteiger partial charge < -0.3 is 4.74 Å². The first-order valence-corrected chi connectivity index (χ1v) is 6.14. The standard InChI is InChI=1S/C15H16NO3/c1-3-18-16-11-7-6-9-13(16)15(17)19-14-10-5-4-8-12(14)2/h4-11H,3H2,1-2H3/q+1. The Morgan fingerprint density at radius 3 is 2.63 bits per heavy atom. The van der Waals surface area contributed by atoms with E-state index in [1.165, 1.54) is 4.73 Å². The van der Waals surface area contributed by atoms with Gasteiger partial charge in [-0.1, -0.05) is 18.2 Å². The number of esters is 1. The van der Waals surface area contributed by atoms with Crippen molar-refractivity contribution in [2.24, 2.45) is 0 Å². The molecule has 0 saturated carbocycles. The maximum atomic E-state index is 12.1. The summed E-state index contributed by atoms with van der Waals surface area (Å²) in [4.78, 5) is 17.5. The van der Waals surface area contributed by atoms with Crippen molar-refractivity contribution >= 4 is 5.97 Å². The molecule has 0 fully saturated rings. The van der Waals surface area contributed by atoms with E-state index in [1.807, 2.05) is 32.0 Å². The Morgan fingerprint density at radius 2 is 1.89 bits per heavy atom. The van der Waals surface area contributed by atoms with Crippen LogP contribution in [-0.2, 0) is 0 Å². The third-order valence-electron chi connectivity index (χ3n) is 2.60. The van der Waals surface area contributed by atoms with Crippen LogP contribution < -0.4 is 14.3 Å². The van der Waals surface area contributed by atoms with Crippen LogP contribution in [0.4, 0.5) is 0 Å². The normalized spacial score (nSPS) is 10.0. The summed E-state index contributed by atoms with van der Waals surface area (Å²) in [7, 11) is 0. The zero-order valence-electron chi connectivity index (χ0n) is 11.0. The van der Waals surface area contributed by atoms with Gasteiger partial charge in [-0.15, -0.1) is 0 Å². The molecule has 1 aromatic heterocycles. The van der Waals surface area contributed by atoms with Gasteiger partial charge >= 0.3 is 11.7 Å². The number of carbonyl (C=O) groups is 1. The molecule has 0 atom stereocenters. The second-order valence-electron chi connectivity index (χ2n) is 3.98. The van der Waals surface area contributed by atoms with Gasteiger partial charge in [-0.2, -0.15) is 0 Å². The summed E-state index contributed by atoms with van der Waals surface area (Å²) in [5.41, 5.74) is 1.27. The number of para-hydroxylation sites is 1. The Balaban J connectivity index is 2.23. The number of aromatic nitrogens is 1. The second-order valence-corrected chi connectivity index (χ2v) is 3.98. The first-order valence-electron chi connectivity index (χ1n) is 6.14. The fourth-order valence-corrected chi connectivity index (χ4v) is 1.66. The molecule has 0 aliphatic carbocycles. The Bertz CT molecular complexity index is 581. The molecule has 4 nitrogen and oxygen atoms in total. The predicted molar refractivity (Wildman–Crippen MR) is 69.9 cm³/mol. The summed E-state index contributed by atoms with van der Waals surface area (Å²) in [6.07, 6.45) is 1.68. The van der Waals surface area contributed by atoms with Crippen LogP contribution in [0.3, 0.4) is 0 Å². The monoisotopic (exact) mass is 258 g/mol. The molecule has 2 aromatic rings. The minimum absolute atomic E-state index is 0.354. The highest BCUT2D eigenvalue weighted by Gasteiger charge is 2.23. The van der Waals surface area contributed by atoms with E-state index in [0.29, 0.717) is 18.1 Å². The zero-order valence-corrected chi connectivity index (χ0v) is 11.0. The molecule has 0 amide bonds. The van der Waals surface area contributed by atoms with Crippen LogP contribution in [0.25, 0.3) is 0 Å². The first-order chi connectivity index (χ1) is 9.22. The van der Waals surface area contributed by atoms with Gasteiger partial charge in [-0.3, -0.25) is 4.84 Å². The lowest BCUT2D eigenvalue weighted by Crippen LogP contribution is -2.48. The Morgan fingerprint density at radius 1 is 1.16 bits per heavy atom. The molecule has 1 heterocycles. The number of aryl methyl sites for hydroxylation is 1. The van der Waals surface area contributed by atoms with E-state index in [4.69, 9.17) is 9.57 Å². The van der Waals surface area contributed by atoms with Crippen LogP contribution in [-0.4, -0.2) is 12.6 Å². The van der Waals surface area contributed by atoms with Crippen molar-refractivity contribution in [2.75, 3.05) is 6.61 Å². The molecule has 98 valence electrons. The number of ether oxygens (including phenoxy) is 1. The highest BCUT2D eigenvalue weighted by molar-refractivity contribution is 5.87. The van der Waals surface area contributed by atoms with Gasteiger partial charge in [0.05, 0.1) is 0 Å². The van der Waals surface area contributed by atoms with Crippen molar-refractivity contribution < 1.29 is 19.1 Å². The molecule has 0 N–H and O–H groups in total. The van der Waals surface area contributed by atoms with Crippen molar-refractivity contribution in [3.05, 3.63) is 59.9 Å². The zero-order chi connectivity index (χ0) is 13.7. The van der Waals surface area contributed by atoms with Gasteiger partial charge in [-0.05, 0) is 31.5 Å². The van der Waals surface area contributed by atoms with Gasteiger partial charge in [0.15, 0.2) is 6.61 Å². The maximum absolute atomic E-state index is 12.1. The molecule has 0 aliphatic rings. The second kappa shape index (κ2) is 6.00. The maximum Gasteiger partial charge on any atom is 0.414 e. The van der Waals surface area contributed by atoms with Crippen LogP contribution in [0.15, 0.2) is 48.7 Å². The van der Waals surface area contributed by atoms with Crippen molar-refractivity contribution in [2.45, 2.75) is 13.8 Å². The summed E-state index contributed by atoms with van der Waals surface area (Å²) in [5, 5.41) is 0. The number of hydrogen-bond donors (Lipinski definition) is 0. The molecular weight excluding hydrogens is 242 g/mol. The van der Waals surface area contributed by atoms with Gasteiger partial charge in [0.25, 0.3) is 0 Å². The fourth-order valence-electron chi connectivity index (χ4n) is 1.66. The average Bonchev–Trinajstić information content (AvgIpc) is 2.42.